The second-order valence-corrected chi connectivity index (χ2v) is 7.00. The van der Waals surface area contributed by atoms with Crippen molar-refractivity contribution in [1.29, 1.82) is 0 Å². The molecule has 0 spiro atoms. The van der Waals surface area contributed by atoms with Crippen LogP contribution >= 0.6 is 0 Å². The second kappa shape index (κ2) is 8.01. The van der Waals surface area contributed by atoms with E-state index in [-0.39, 0.29) is 17.5 Å². The van der Waals surface area contributed by atoms with Crippen LogP contribution in [0, 0.1) is 11.6 Å². The first-order valence-corrected chi connectivity index (χ1v) is 9.25. The molecule has 1 aromatic carbocycles. The Hall–Kier alpha value is -2.18. The fourth-order valence-corrected chi connectivity index (χ4v) is 3.73. The summed E-state index contributed by atoms with van der Waals surface area (Å²) >= 11 is 0. The lowest BCUT2D eigenvalue weighted by Crippen LogP contribution is -2.55. The summed E-state index contributed by atoms with van der Waals surface area (Å²) in [5.41, 5.74) is -0.190. The summed E-state index contributed by atoms with van der Waals surface area (Å²) in [6.07, 6.45) is 3.24. The highest BCUT2D eigenvalue weighted by molar-refractivity contribution is 5.84. The van der Waals surface area contributed by atoms with E-state index in [1.165, 1.54) is 13.0 Å². The molecule has 7 heteroatoms. The summed E-state index contributed by atoms with van der Waals surface area (Å²) in [7, 11) is 0. The fraction of sp³-hybridized carbons (Fsp3) is 0.579. The third-order valence-corrected chi connectivity index (χ3v) is 5.29. The Morgan fingerprint density at radius 3 is 1.92 bits per heavy atom. The maximum atomic E-state index is 13.9. The first-order chi connectivity index (χ1) is 12.5. The molecule has 2 heterocycles. The first-order valence-electron chi connectivity index (χ1n) is 9.25. The Bertz CT molecular complexity index is 648. The van der Waals surface area contributed by atoms with Gasteiger partial charge in [0.2, 0.25) is 5.91 Å². The quantitative estimate of drug-likeness (QED) is 0.809. The minimum Gasteiger partial charge on any atom is -0.339 e. The highest BCUT2D eigenvalue weighted by atomic mass is 19.1. The van der Waals surface area contributed by atoms with Gasteiger partial charge in [-0.2, -0.15) is 0 Å². The number of hydrogen-bond acceptors (Lipinski definition) is 2. The first kappa shape index (κ1) is 18.6. The lowest BCUT2D eigenvalue weighted by molar-refractivity contribution is -0.134. The molecule has 0 aliphatic carbocycles. The van der Waals surface area contributed by atoms with Gasteiger partial charge >= 0.3 is 6.03 Å². The average Bonchev–Trinajstić information content (AvgIpc) is 2.67. The Kier molecular flexibility index (Phi) is 5.74. The van der Waals surface area contributed by atoms with Crippen LogP contribution in [0.5, 0.6) is 0 Å². The van der Waals surface area contributed by atoms with E-state index in [0.717, 1.165) is 44.5 Å². The second-order valence-electron chi connectivity index (χ2n) is 7.00. The van der Waals surface area contributed by atoms with Crippen molar-refractivity contribution in [2.24, 2.45) is 0 Å². The molecule has 3 amide bonds. The number of halogens is 2. The van der Waals surface area contributed by atoms with Crippen molar-refractivity contribution < 1.29 is 18.4 Å². The minimum absolute atomic E-state index is 0.0324. The number of carbonyl (C=O) groups is 2. The van der Waals surface area contributed by atoms with E-state index < -0.39 is 17.6 Å². The standard InChI is InChI=1S/C19H25F2N3O2/c1-14(17-15(20)6-5-7-16(17)21)18(25)22-10-12-24(13-11-22)19(26)23-8-3-2-4-9-23/h5-7,14H,2-4,8-13H2,1H3. The number of piperazine rings is 1. The Morgan fingerprint density at radius 1 is 0.846 bits per heavy atom. The largest absolute Gasteiger partial charge is 0.339 e. The molecule has 2 aliphatic heterocycles. The molecule has 0 aromatic heterocycles. The van der Waals surface area contributed by atoms with Gasteiger partial charge < -0.3 is 14.7 Å². The number of benzene rings is 1. The number of hydrogen-bond donors (Lipinski definition) is 0. The van der Waals surface area contributed by atoms with Crippen LogP contribution in [0.4, 0.5) is 13.6 Å². The number of nitrogens with zero attached hydrogens (tertiary/aromatic N) is 3. The zero-order chi connectivity index (χ0) is 18.7. The Labute approximate surface area is 152 Å². The van der Waals surface area contributed by atoms with Gasteiger partial charge in [-0.05, 0) is 38.3 Å². The van der Waals surface area contributed by atoms with Gasteiger partial charge in [0.25, 0.3) is 0 Å². The normalized spacial score (nSPS) is 19.4. The zero-order valence-electron chi connectivity index (χ0n) is 15.1. The molecule has 26 heavy (non-hydrogen) atoms. The molecule has 5 nitrogen and oxygen atoms in total. The molecule has 0 bridgehead atoms. The van der Waals surface area contributed by atoms with Crippen molar-refractivity contribution in [2.75, 3.05) is 39.3 Å². The van der Waals surface area contributed by atoms with Gasteiger partial charge in [0.1, 0.15) is 11.6 Å². The summed E-state index contributed by atoms with van der Waals surface area (Å²) in [6.45, 7) is 4.79. The van der Waals surface area contributed by atoms with Crippen LogP contribution in [-0.4, -0.2) is 65.9 Å². The van der Waals surface area contributed by atoms with Crippen LogP contribution in [0.3, 0.4) is 0 Å². The van der Waals surface area contributed by atoms with Crippen LogP contribution in [0.1, 0.15) is 37.7 Å². The molecule has 1 aromatic rings. The molecule has 2 fully saturated rings. The number of amides is 3. The van der Waals surface area contributed by atoms with Crippen molar-refractivity contribution in [3.8, 4) is 0 Å². The van der Waals surface area contributed by atoms with Crippen molar-refractivity contribution in [1.82, 2.24) is 14.7 Å². The Morgan fingerprint density at radius 2 is 1.35 bits per heavy atom. The van der Waals surface area contributed by atoms with Crippen LogP contribution in [-0.2, 0) is 4.79 Å². The van der Waals surface area contributed by atoms with E-state index in [1.54, 1.807) is 9.80 Å². The molecule has 2 aliphatic rings. The third kappa shape index (κ3) is 3.81. The van der Waals surface area contributed by atoms with Crippen molar-refractivity contribution in [3.63, 3.8) is 0 Å². The summed E-state index contributed by atoms with van der Waals surface area (Å²) in [4.78, 5) is 30.4. The summed E-state index contributed by atoms with van der Waals surface area (Å²) < 4.78 is 27.9. The molecule has 2 saturated heterocycles. The molecule has 1 unspecified atom stereocenters. The highest BCUT2D eigenvalue weighted by Crippen LogP contribution is 2.25. The van der Waals surface area contributed by atoms with Gasteiger partial charge in [-0.15, -0.1) is 0 Å². The Balaban J connectivity index is 1.59. The summed E-state index contributed by atoms with van der Waals surface area (Å²) in [5.74, 6) is -2.60. The highest BCUT2D eigenvalue weighted by Gasteiger charge is 2.31. The van der Waals surface area contributed by atoms with Crippen molar-refractivity contribution in [2.45, 2.75) is 32.1 Å². The van der Waals surface area contributed by atoms with Gasteiger partial charge in [-0.3, -0.25) is 4.79 Å². The van der Waals surface area contributed by atoms with Gasteiger partial charge in [-0.1, -0.05) is 6.07 Å². The maximum absolute atomic E-state index is 13.9. The minimum atomic E-state index is -0.888. The molecule has 1 atom stereocenters. The SMILES string of the molecule is CC(C(=O)N1CCN(C(=O)N2CCCCC2)CC1)c1c(F)cccc1F. The van der Waals surface area contributed by atoms with Crippen LogP contribution in [0.2, 0.25) is 0 Å². The third-order valence-electron chi connectivity index (χ3n) is 5.29. The molecule has 0 radical (unpaired) electrons. The number of likely N-dealkylation sites (tertiary alicyclic amines) is 1. The predicted molar refractivity (Wildman–Crippen MR) is 93.7 cm³/mol. The van der Waals surface area contributed by atoms with E-state index in [2.05, 4.69) is 0 Å². The lowest BCUT2D eigenvalue weighted by Gasteiger charge is -2.39. The summed E-state index contributed by atoms with van der Waals surface area (Å²) in [6, 6.07) is 3.65. The number of carbonyl (C=O) groups excluding carboxylic acids is 2. The molecular weight excluding hydrogens is 340 g/mol. The van der Waals surface area contributed by atoms with E-state index >= 15 is 0 Å². The predicted octanol–water partition coefficient (Wildman–Crippen LogP) is 2.82. The topological polar surface area (TPSA) is 43.9 Å². The van der Waals surface area contributed by atoms with Crippen LogP contribution < -0.4 is 0 Å². The molecule has 0 N–H and O–H groups in total. The van der Waals surface area contributed by atoms with Crippen molar-refractivity contribution in [3.05, 3.63) is 35.4 Å². The van der Waals surface area contributed by atoms with E-state index in [0.29, 0.717) is 26.2 Å². The van der Waals surface area contributed by atoms with Gasteiger partial charge in [0, 0.05) is 44.8 Å². The average molecular weight is 365 g/mol. The van der Waals surface area contributed by atoms with Gasteiger partial charge in [-0.25, -0.2) is 13.6 Å². The molecule has 0 saturated carbocycles. The maximum Gasteiger partial charge on any atom is 0.320 e. The van der Waals surface area contributed by atoms with Gasteiger partial charge in [0.05, 0.1) is 5.92 Å². The van der Waals surface area contributed by atoms with E-state index in [9.17, 15) is 18.4 Å². The zero-order valence-corrected chi connectivity index (χ0v) is 15.1. The fourth-order valence-electron chi connectivity index (χ4n) is 3.73. The molecule has 3 rings (SSSR count). The lowest BCUT2D eigenvalue weighted by atomic mass is 9.98. The monoisotopic (exact) mass is 365 g/mol. The van der Waals surface area contributed by atoms with Crippen molar-refractivity contribution >= 4 is 11.9 Å². The van der Waals surface area contributed by atoms with E-state index in [1.807, 2.05) is 4.90 Å². The number of rotatable bonds is 2. The van der Waals surface area contributed by atoms with Crippen LogP contribution in [0.15, 0.2) is 18.2 Å². The molecule has 142 valence electrons. The smallest absolute Gasteiger partial charge is 0.320 e. The summed E-state index contributed by atoms with van der Waals surface area (Å²) in [5, 5.41) is 0. The van der Waals surface area contributed by atoms with Gasteiger partial charge in [0.15, 0.2) is 0 Å². The van der Waals surface area contributed by atoms with E-state index in [4.69, 9.17) is 0 Å². The molecular formula is C19H25F2N3O2. The van der Waals surface area contributed by atoms with Crippen LogP contribution in [0.25, 0.3) is 0 Å². The number of urea groups is 1. The number of piperidine rings is 1.